The van der Waals surface area contributed by atoms with Gasteiger partial charge in [0.15, 0.2) is 0 Å². The minimum absolute atomic E-state index is 0.0293. The molecule has 1 N–H and O–H groups in total. The van der Waals surface area contributed by atoms with Gasteiger partial charge in [-0.25, -0.2) is 4.98 Å². The summed E-state index contributed by atoms with van der Waals surface area (Å²) in [4.78, 5) is 16.8. The molecule has 0 atom stereocenters. The van der Waals surface area contributed by atoms with Gasteiger partial charge < -0.3 is 14.6 Å². The molecule has 132 valence electrons. The van der Waals surface area contributed by atoms with Crippen molar-refractivity contribution in [2.75, 3.05) is 20.3 Å². The van der Waals surface area contributed by atoms with Gasteiger partial charge in [0.2, 0.25) is 0 Å². The van der Waals surface area contributed by atoms with Crippen molar-refractivity contribution in [2.24, 2.45) is 0 Å². The van der Waals surface area contributed by atoms with Crippen LogP contribution in [0.25, 0.3) is 10.9 Å². The number of ether oxygens (including phenoxy) is 1. The molecule has 0 aliphatic carbocycles. The molecule has 0 amide bonds. The molecule has 25 heavy (non-hydrogen) atoms. The van der Waals surface area contributed by atoms with Crippen LogP contribution in [-0.4, -0.2) is 39.6 Å². The van der Waals surface area contributed by atoms with Crippen molar-refractivity contribution in [1.29, 1.82) is 0 Å². The highest BCUT2D eigenvalue weighted by Crippen LogP contribution is 2.16. The second kappa shape index (κ2) is 8.04. The zero-order valence-corrected chi connectivity index (χ0v) is 14.6. The Morgan fingerprint density at radius 2 is 2.12 bits per heavy atom. The average Bonchev–Trinajstić information content (AvgIpc) is 3.12. The molecular weight excluding hydrogens is 318 g/mol. The van der Waals surface area contributed by atoms with Crippen LogP contribution >= 0.6 is 0 Å². The molecule has 0 saturated carbocycles. The predicted molar refractivity (Wildman–Crippen MR) is 96.5 cm³/mol. The van der Waals surface area contributed by atoms with Gasteiger partial charge >= 0.3 is 0 Å². The van der Waals surface area contributed by atoms with Crippen LogP contribution in [-0.2, 0) is 24.4 Å². The Morgan fingerprint density at radius 3 is 2.88 bits per heavy atom. The lowest BCUT2D eigenvalue weighted by Gasteiger charge is -2.14. The van der Waals surface area contributed by atoms with Crippen molar-refractivity contribution >= 4 is 10.9 Å². The number of hydrogen-bond acceptors (Lipinski definition) is 5. The van der Waals surface area contributed by atoms with E-state index in [9.17, 15) is 4.79 Å². The fourth-order valence-electron chi connectivity index (χ4n) is 2.86. The van der Waals surface area contributed by atoms with Gasteiger partial charge in [-0.15, -0.1) is 0 Å². The Bertz CT molecular complexity index is 886. The number of pyridine rings is 1. The zero-order valence-electron chi connectivity index (χ0n) is 14.6. The van der Waals surface area contributed by atoms with E-state index in [1.807, 2.05) is 18.2 Å². The second-order valence-corrected chi connectivity index (χ2v) is 6.02. The fraction of sp³-hybridized carbons (Fsp3) is 0.389. The number of benzene rings is 1. The molecule has 1 aromatic carbocycles. The number of methoxy groups -OCH3 is 1. The largest absolute Gasteiger partial charge is 0.383 e. The molecule has 3 aromatic rings. The van der Waals surface area contributed by atoms with E-state index in [4.69, 9.17) is 4.74 Å². The van der Waals surface area contributed by atoms with E-state index in [0.717, 1.165) is 16.5 Å². The lowest BCUT2D eigenvalue weighted by atomic mass is 10.1. The Hall–Kier alpha value is -2.51. The number of nitrogens with one attached hydrogen (secondary N) is 1. The summed E-state index contributed by atoms with van der Waals surface area (Å²) in [6.45, 7) is 5.05. The molecule has 2 heterocycles. The molecule has 3 rings (SSSR count). The molecule has 0 aliphatic rings. The number of rotatable bonds is 8. The summed E-state index contributed by atoms with van der Waals surface area (Å²) in [6, 6.07) is 8.12. The summed E-state index contributed by atoms with van der Waals surface area (Å²) in [6.07, 6.45) is 3.19. The molecule has 0 bridgehead atoms. The van der Waals surface area contributed by atoms with Crippen LogP contribution in [0.4, 0.5) is 0 Å². The van der Waals surface area contributed by atoms with E-state index in [-0.39, 0.29) is 5.56 Å². The van der Waals surface area contributed by atoms with Crippen LogP contribution in [0.5, 0.6) is 0 Å². The molecule has 0 saturated heterocycles. The minimum Gasteiger partial charge on any atom is -0.383 e. The Labute approximate surface area is 146 Å². The third-order valence-corrected chi connectivity index (χ3v) is 4.14. The first-order chi connectivity index (χ1) is 12.2. The lowest BCUT2D eigenvalue weighted by molar-refractivity contribution is 0.187. The van der Waals surface area contributed by atoms with Gasteiger partial charge in [-0.2, -0.15) is 5.10 Å². The van der Waals surface area contributed by atoms with Crippen LogP contribution in [0.15, 0.2) is 41.7 Å². The Morgan fingerprint density at radius 1 is 1.24 bits per heavy atom. The number of aromatic nitrogens is 4. The van der Waals surface area contributed by atoms with E-state index >= 15 is 0 Å². The number of fused-ring (bicyclic) bond motifs is 1. The maximum atomic E-state index is 12.8. The first kappa shape index (κ1) is 17.3. The van der Waals surface area contributed by atoms with Crippen molar-refractivity contribution in [2.45, 2.75) is 26.6 Å². The highest BCUT2D eigenvalue weighted by atomic mass is 16.5. The van der Waals surface area contributed by atoms with Crippen molar-refractivity contribution in [3.8, 4) is 0 Å². The first-order valence-electron chi connectivity index (χ1n) is 8.34. The summed E-state index contributed by atoms with van der Waals surface area (Å²) in [5, 5.41) is 8.45. The van der Waals surface area contributed by atoms with Crippen LogP contribution < -0.4 is 10.9 Å². The third kappa shape index (κ3) is 4.12. The molecular formula is C18H23N5O2. The van der Waals surface area contributed by atoms with Crippen LogP contribution in [0.2, 0.25) is 0 Å². The number of nitrogens with zero attached hydrogens (tertiary/aromatic N) is 4. The smallest absolute Gasteiger partial charge is 0.255 e. The maximum Gasteiger partial charge on any atom is 0.255 e. The van der Waals surface area contributed by atoms with Crippen LogP contribution in [0.3, 0.4) is 0 Å². The Kier molecular flexibility index (Phi) is 5.57. The van der Waals surface area contributed by atoms with Gasteiger partial charge in [0, 0.05) is 32.3 Å². The van der Waals surface area contributed by atoms with Gasteiger partial charge in [0.1, 0.15) is 12.7 Å². The fourth-order valence-corrected chi connectivity index (χ4v) is 2.86. The summed E-state index contributed by atoms with van der Waals surface area (Å²) >= 11 is 0. The predicted octanol–water partition coefficient (Wildman–Crippen LogP) is 1.34. The molecule has 0 fully saturated rings. The van der Waals surface area contributed by atoms with Gasteiger partial charge in [-0.05, 0) is 30.5 Å². The van der Waals surface area contributed by atoms with Crippen molar-refractivity contribution in [3.63, 3.8) is 0 Å². The molecule has 0 unspecified atom stereocenters. The second-order valence-electron chi connectivity index (χ2n) is 6.02. The van der Waals surface area contributed by atoms with Crippen LogP contribution in [0, 0.1) is 6.92 Å². The minimum atomic E-state index is 0.0293. The van der Waals surface area contributed by atoms with Gasteiger partial charge in [-0.3, -0.25) is 9.48 Å². The molecule has 0 radical (unpaired) electrons. The summed E-state index contributed by atoms with van der Waals surface area (Å²) in [5.74, 6) is 0. The van der Waals surface area contributed by atoms with Crippen molar-refractivity contribution in [3.05, 3.63) is 58.4 Å². The summed E-state index contributed by atoms with van der Waals surface area (Å²) < 4.78 is 8.72. The molecule has 0 aliphatic heterocycles. The van der Waals surface area contributed by atoms with Crippen molar-refractivity contribution in [1.82, 2.24) is 24.6 Å². The van der Waals surface area contributed by atoms with Crippen molar-refractivity contribution < 1.29 is 4.74 Å². The monoisotopic (exact) mass is 341 g/mol. The Balaban J connectivity index is 1.81. The molecule has 2 aromatic heterocycles. The van der Waals surface area contributed by atoms with E-state index in [0.29, 0.717) is 32.8 Å². The van der Waals surface area contributed by atoms with E-state index in [1.54, 1.807) is 22.7 Å². The summed E-state index contributed by atoms with van der Waals surface area (Å²) in [7, 11) is 1.65. The molecule has 7 heteroatoms. The highest BCUT2D eigenvalue weighted by Gasteiger charge is 2.09. The zero-order chi connectivity index (χ0) is 17.6. The maximum absolute atomic E-state index is 12.8. The number of aryl methyl sites for hydroxylation is 1. The molecule has 0 spiro atoms. The van der Waals surface area contributed by atoms with E-state index in [2.05, 4.69) is 28.4 Å². The quantitative estimate of drug-likeness (QED) is 0.626. The van der Waals surface area contributed by atoms with Gasteiger partial charge in [0.25, 0.3) is 5.56 Å². The normalized spacial score (nSPS) is 11.3. The van der Waals surface area contributed by atoms with Gasteiger partial charge in [-0.1, -0.05) is 11.6 Å². The lowest BCUT2D eigenvalue weighted by Crippen LogP contribution is -2.29. The summed E-state index contributed by atoms with van der Waals surface area (Å²) in [5.41, 5.74) is 2.91. The first-order valence-corrected chi connectivity index (χ1v) is 8.34. The highest BCUT2D eigenvalue weighted by molar-refractivity contribution is 5.80. The average molecular weight is 341 g/mol. The van der Waals surface area contributed by atoms with Gasteiger partial charge in [0.05, 0.1) is 18.7 Å². The van der Waals surface area contributed by atoms with E-state index < -0.39 is 0 Å². The van der Waals surface area contributed by atoms with Crippen LogP contribution in [0.1, 0.15) is 11.1 Å². The SMILES string of the molecule is COCCn1c(=O)c(CNCCn2cncn2)cc2cc(C)ccc21. The standard InChI is InChI=1S/C18H23N5O2/c1-14-3-4-17-15(9-14)10-16(18(24)23(17)7-8-25-2)11-19-5-6-22-13-20-12-21-22/h3-4,9-10,12-13,19H,5-8,11H2,1-2H3. The topological polar surface area (TPSA) is 74.0 Å². The van der Waals surface area contributed by atoms with E-state index in [1.165, 1.54) is 11.9 Å². The third-order valence-electron chi connectivity index (χ3n) is 4.14. The number of hydrogen-bond donors (Lipinski definition) is 1. The molecule has 7 nitrogen and oxygen atoms in total.